The maximum Gasteiger partial charge on any atom is 0.338 e. The molecule has 1 aromatic heterocycles. The maximum atomic E-state index is 12.2. The summed E-state index contributed by atoms with van der Waals surface area (Å²) in [5.74, 6) is -0.689. The number of allylic oxidation sites excluding steroid dienone is 1. The minimum atomic E-state index is -0.538. The summed E-state index contributed by atoms with van der Waals surface area (Å²) in [7, 11) is 1.33. The Kier molecular flexibility index (Phi) is 4.43. The largest absolute Gasteiger partial charge is 0.466 e. The van der Waals surface area contributed by atoms with Gasteiger partial charge in [0.1, 0.15) is 6.04 Å². The maximum absolute atomic E-state index is 12.2. The van der Waals surface area contributed by atoms with Gasteiger partial charge in [0.25, 0.3) is 0 Å². The Morgan fingerprint density at radius 2 is 2.10 bits per heavy atom. The Balaban J connectivity index is 2.67. The fraction of sp³-hybridized carbons (Fsp3) is 0.357. The van der Waals surface area contributed by atoms with Crippen LogP contribution in [0.25, 0.3) is 0 Å². The molecule has 0 saturated carbocycles. The molecule has 1 aromatic rings. The van der Waals surface area contributed by atoms with Crippen molar-refractivity contribution >= 4 is 40.5 Å². The molecule has 0 bridgehead atoms. The number of amides is 1. The third kappa shape index (κ3) is 2.71. The first-order chi connectivity index (χ1) is 9.88. The number of nitrogens with one attached hydrogen (secondary N) is 1. The average molecular weight is 324 g/mol. The Labute approximate surface area is 132 Å². The van der Waals surface area contributed by atoms with Crippen molar-refractivity contribution in [2.24, 2.45) is 0 Å². The van der Waals surface area contributed by atoms with Crippen LogP contribution >= 0.6 is 23.6 Å². The van der Waals surface area contributed by atoms with E-state index in [0.29, 0.717) is 16.4 Å². The molecular formula is C14H16N2O3S2. The Morgan fingerprint density at radius 3 is 2.57 bits per heavy atom. The Bertz CT molecular complexity index is 648. The van der Waals surface area contributed by atoms with Gasteiger partial charge in [-0.2, -0.15) is 0 Å². The number of ether oxygens (including phenoxy) is 1. The van der Waals surface area contributed by atoms with Crippen LogP contribution in [-0.2, 0) is 14.3 Å². The lowest BCUT2D eigenvalue weighted by molar-refractivity contribution is -0.137. The van der Waals surface area contributed by atoms with Crippen LogP contribution in [0.1, 0.15) is 30.3 Å². The molecular weight excluding hydrogens is 308 g/mol. The molecule has 1 N–H and O–H groups in total. The van der Waals surface area contributed by atoms with E-state index in [9.17, 15) is 9.59 Å². The monoisotopic (exact) mass is 324 g/mol. The van der Waals surface area contributed by atoms with E-state index in [4.69, 9.17) is 17.0 Å². The van der Waals surface area contributed by atoms with Crippen LogP contribution in [0.2, 0.25) is 0 Å². The van der Waals surface area contributed by atoms with Crippen LogP contribution in [0.4, 0.5) is 0 Å². The first-order valence-corrected chi connectivity index (χ1v) is 7.61. The molecule has 0 aliphatic carbocycles. The molecule has 0 unspecified atom stereocenters. The van der Waals surface area contributed by atoms with Crippen LogP contribution < -0.4 is 5.32 Å². The second-order valence-electron chi connectivity index (χ2n) is 4.72. The molecule has 0 radical (unpaired) electrons. The van der Waals surface area contributed by atoms with Gasteiger partial charge in [-0.25, -0.2) is 4.79 Å². The van der Waals surface area contributed by atoms with Gasteiger partial charge in [-0.1, -0.05) is 0 Å². The van der Waals surface area contributed by atoms with Crippen molar-refractivity contribution < 1.29 is 14.3 Å². The molecule has 0 spiro atoms. The lowest BCUT2D eigenvalue weighted by Gasteiger charge is -2.37. The van der Waals surface area contributed by atoms with E-state index in [1.54, 1.807) is 6.92 Å². The molecule has 1 amide bonds. The number of hydrogen-bond acceptors (Lipinski definition) is 5. The normalized spacial score (nSPS) is 18.6. The highest BCUT2D eigenvalue weighted by Gasteiger charge is 2.39. The number of carbonyl (C=O) groups excluding carboxylic acids is 2. The number of carbonyl (C=O) groups is 2. The lowest BCUT2D eigenvalue weighted by Crippen LogP contribution is -2.50. The van der Waals surface area contributed by atoms with Gasteiger partial charge < -0.3 is 10.1 Å². The molecule has 112 valence electrons. The van der Waals surface area contributed by atoms with Crippen molar-refractivity contribution in [2.75, 3.05) is 7.11 Å². The number of aryl methyl sites for hydroxylation is 1. The average Bonchev–Trinajstić information content (AvgIpc) is 2.82. The Morgan fingerprint density at radius 1 is 1.43 bits per heavy atom. The number of nitrogens with zero attached hydrogens (tertiary/aromatic N) is 1. The van der Waals surface area contributed by atoms with Crippen LogP contribution in [0.15, 0.2) is 22.7 Å². The zero-order valence-electron chi connectivity index (χ0n) is 12.2. The molecule has 0 saturated heterocycles. The molecule has 1 atom stereocenters. The van der Waals surface area contributed by atoms with Crippen molar-refractivity contribution in [3.8, 4) is 0 Å². The first-order valence-electron chi connectivity index (χ1n) is 6.32. The molecule has 1 aliphatic rings. The fourth-order valence-corrected chi connectivity index (χ4v) is 3.76. The molecule has 5 nitrogen and oxygen atoms in total. The van der Waals surface area contributed by atoms with Crippen LogP contribution in [0.5, 0.6) is 0 Å². The van der Waals surface area contributed by atoms with Gasteiger partial charge in [-0.15, -0.1) is 11.3 Å². The topological polar surface area (TPSA) is 58.6 Å². The summed E-state index contributed by atoms with van der Waals surface area (Å²) in [5.41, 5.74) is 2.03. The van der Waals surface area contributed by atoms with Crippen molar-refractivity contribution in [1.82, 2.24) is 10.2 Å². The van der Waals surface area contributed by atoms with Crippen molar-refractivity contribution in [1.29, 1.82) is 0 Å². The van der Waals surface area contributed by atoms with E-state index in [1.807, 2.05) is 18.4 Å². The summed E-state index contributed by atoms with van der Waals surface area (Å²) in [6.45, 7) is 5.13. The van der Waals surface area contributed by atoms with Gasteiger partial charge in [0.15, 0.2) is 5.11 Å². The summed E-state index contributed by atoms with van der Waals surface area (Å²) in [6, 6.07) is 1.41. The number of esters is 1. The summed E-state index contributed by atoms with van der Waals surface area (Å²) in [6.07, 6.45) is 0. The molecule has 7 heteroatoms. The molecule has 1 aliphatic heterocycles. The zero-order chi connectivity index (χ0) is 15.7. The first kappa shape index (κ1) is 15.7. The van der Waals surface area contributed by atoms with Crippen LogP contribution in [-0.4, -0.2) is 29.0 Å². The van der Waals surface area contributed by atoms with Gasteiger partial charge in [-0.05, 0) is 43.1 Å². The van der Waals surface area contributed by atoms with Gasteiger partial charge in [0.2, 0.25) is 5.91 Å². The van der Waals surface area contributed by atoms with Crippen molar-refractivity contribution in [3.05, 3.63) is 33.2 Å². The Hall–Kier alpha value is -1.73. The predicted octanol–water partition coefficient (Wildman–Crippen LogP) is 2.28. The molecule has 0 fully saturated rings. The third-order valence-corrected chi connectivity index (χ3v) is 4.71. The summed E-state index contributed by atoms with van der Waals surface area (Å²) < 4.78 is 4.88. The quantitative estimate of drug-likeness (QED) is 0.668. The van der Waals surface area contributed by atoms with E-state index >= 15 is 0 Å². The second-order valence-corrected chi connectivity index (χ2v) is 6.05. The van der Waals surface area contributed by atoms with Gasteiger partial charge in [0.05, 0.1) is 12.7 Å². The van der Waals surface area contributed by atoms with E-state index in [2.05, 4.69) is 5.32 Å². The number of thiophene rings is 1. The standard InChI is InChI=1S/C14H16N2O3S2/c1-7-5-6-21-12(7)11-10(13(18)19-4)8(2)15-14(20)16(11)9(3)17/h5-6,11H,1-4H3,(H,15,20)/t11-/m1/s1. The summed E-state index contributed by atoms with van der Waals surface area (Å²) in [4.78, 5) is 26.5. The van der Waals surface area contributed by atoms with Gasteiger partial charge in [-0.3, -0.25) is 9.69 Å². The van der Waals surface area contributed by atoms with Crippen molar-refractivity contribution in [3.63, 3.8) is 0 Å². The SMILES string of the molecule is COC(=O)C1=C(C)NC(=S)N(C(C)=O)[C@H]1c1sccc1C. The number of rotatable bonds is 2. The highest BCUT2D eigenvalue weighted by Crippen LogP contribution is 2.38. The van der Waals surface area contributed by atoms with Gasteiger partial charge >= 0.3 is 5.97 Å². The molecule has 2 rings (SSSR count). The third-order valence-electron chi connectivity index (χ3n) is 3.34. The zero-order valence-corrected chi connectivity index (χ0v) is 13.9. The van der Waals surface area contributed by atoms with Gasteiger partial charge in [0, 0.05) is 17.5 Å². The minimum absolute atomic E-state index is 0.223. The summed E-state index contributed by atoms with van der Waals surface area (Å²) >= 11 is 6.75. The number of methoxy groups -OCH3 is 1. The number of thiocarbonyl (C=S) groups is 1. The van der Waals surface area contributed by atoms with E-state index < -0.39 is 12.0 Å². The molecule has 21 heavy (non-hydrogen) atoms. The van der Waals surface area contributed by atoms with E-state index in [0.717, 1.165) is 10.4 Å². The van der Waals surface area contributed by atoms with Crippen LogP contribution in [0, 0.1) is 6.92 Å². The van der Waals surface area contributed by atoms with Crippen LogP contribution in [0.3, 0.4) is 0 Å². The highest BCUT2D eigenvalue weighted by atomic mass is 32.1. The van der Waals surface area contributed by atoms with E-state index in [1.165, 1.54) is 30.3 Å². The number of hydrogen-bond donors (Lipinski definition) is 1. The van der Waals surface area contributed by atoms with E-state index in [-0.39, 0.29) is 5.91 Å². The fourth-order valence-electron chi connectivity index (χ4n) is 2.35. The predicted molar refractivity (Wildman–Crippen MR) is 84.8 cm³/mol. The lowest BCUT2D eigenvalue weighted by atomic mass is 9.97. The molecule has 0 aromatic carbocycles. The highest BCUT2D eigenvalue weighted by molar-refractivity contribution is 7.80. The molecule has 2 heterocycles. The summed E-state index contributed by atoms with van der Waals surface area (Å²) in [5, 5.41) is 5.13. The smallest absolute Gasteiger partial charge is 0.338 e. The second kappa shape index (κ2) is 5.95. The van der Waals surface area contributed by atoms with Crippen molar-refractivity contribution in [2.45, 2.75) is 26.8 Å². The minimum Gasteiger partial charge on any atom is -0.466 e.